The van der Waals surface area contributed by atoms with Crippen molar-refractivity contribution < 1.29 is 9.90 Å². The maximum atomic E-state index is 12.8. The molecule has 0 atom stereocenters. The predicted octanol–water partition coefficient (Wildman–Crippen LogP) is 2.06. The molecule has 0 spiro atoms. The van der Waals surface area contributed by atoms with Gasteiger partial charge in [0.15, 0.2) is 0 Å². The number of rotatable bonds is 5. The minimum absolute atomic E-state index is 0.181. The van der Waals surface area contributed by atoms with Crippen molar-refractivity contribution in [1.29, 1.82) is 0 Å². The standard InChI is InChI=1S/C18H26N2O2/c21-14-4-3-10-19-11-7-16(8-12-19)18(22)20-13-9-15-5-1-2-6-17(15)20/h1-2,5-6,16,21H,3-4,7-14H2. The first-order chi connectivity index (χ1) is 10.8. The molecule has 2 heterocycles. The first-order valence-electron chi connectivity index (χ1n) is 8.52. The molecule has 1 fully saturated rings. The first kappa shape index (κ1) is 15.5. The number of hydrogen-bond donors (Lipinski definition) is 1. The molecule has 0 unspecified atom stereocenters. The molecule has 0 aromatic heterocycles. The first-order valence-corrected chi connectivity index (χ1v) is 8.52. The van der Waals surface area contributed by atoms with Gasteiger partial charge in [0.25, 0.3) is 0 Å². The zero-order valence-corrected chi connectivity index (χ0v) is 13.2. The summed E-state index contributed by atoms with van der Waals surface area (Å²) in [6.07, 6.45) is 4.85. The van der Waals surface area contributed by atoms with Gasteiger partial charge >= 0.3 is 0 Å². The number of benzene rings is 1. The van der Waals surface area contributed by atoms with Gasteiger partial charge in [0.05, 0.1) is 0 Å². The van der Waals surface area contributed by atoms with E-state index in [1.54, 1.807) is 0 Å². The minimum atomic E-state index is 0.181. The molecule has 2 aliphatic heterocycles. The van der Waals surface area contributed by atoms with Gasteiger partial charge in [0, 0.05) is 24.8 Å². The van der Waals surface area contributed by atoms with E-state index >= 15 is 0 Å². The van der Waals surface area contributed by atoms with Crippen LogP contribution in [0.2, 0.25) is 0 Å². The normalized spacial score (nSPS) is 19.4. The van der Waals surface area contributed by atoms with Gasteiger partial charge in [0.1, 0.15) is 0 Å². The van der Waals surface area contributed by atoms with Crippen molar-refractivity contribution in [2.24, 2.45) is 5.92 Å². The maximum Gasteiger partial charge on any atom is 0.230 e. The molecule has 0 aliphatic carbocycles. The molecule has 1 N–H and O–H groups in total. The van der Waals surface area contributed by atoms with E-state index in [1.165, 1.54) is 5.56 Å². The number of para-hydroxylation sites is 1. The number of carbonyl (C=O) groups is 1. The van der Waals surface area contributed by atoms with Crippen LogP contribution < -0.4 is 4.90 Å². The Balaban J connectivity index is 1.53. The highest BCUT2D eigenvalue weighted by Gasteiger charge is 2.32. The molecule has 120 valence electrons. The van der Waals surface area contributed by atoms with Gasteiger partial charge in [-0.05, 0) is 63.4 Å². The molecule has 1 saturated heterocycles. The summed E-state index contributed by atoms with van der Waals surface area (Å²) in [6.45, 7) is 4.20. The number of fused-ring (bicyclic) bond motifs is 1. The summed E-state index contributed by atoms with van der Waals surface area (Å²) in [5, 5.41) is 8.84. The highest BCUT2D eigenvalue weighted by Crippen LogP contribution is 2.30. The number of anilines is 1. The second-order valence-corrected chi connectivity index (χ2v) is 6.42. The Bertz CT molecular complexity index is 510. The number of aliphatic hydroxyl groups excluding tert-OH is 1. The Kier molecular flexibility index (Phi) is 5.11. The monoisotopic (exact) mass is 302 g/mol. The molecule has 0 saturated carbocycles. The third kappa shape index (κ3) is 3.33. The second kappa shape index (κ2) is 7.25. The van der Waals surface area contributed by atoms with Gasteiger partial charge in [-0.15, -0.1) is 0 Å². The number of amides is 1. The summed E-state index contributed by atoms with van der Waals surface area (Å²) < 4.78 is 0. The van der Waals surface area contributed by atoms with Gasteiger partial charge in [-0.2, -0.15) is 0 Å². The van der Waals surface area contributed by atoms with E-state index in [1.807, 2.05) is 11.0 Å². The molecular weight excluding hydrogens is 276 g/mol. The number of nitrogens with zero attached hydrogens (tertiary/aromatic N) is 2. The maximum absolute atomic E-state index is 12.8. The van der Waals surface area contributed by atoms with E-state index in [4.69, 9.17) is 5.11 Å². The van der Waals surface area contributed by atoms with Crippen LogP contribution in [-0.2, 0) is 11.2 Å². The van der Waals surface area contributed by atoms with Crippen molar-refractivity contribution in [1.82, 2.24) is 4.90 Å². The van der Waals surface area contributed by atoms with Crippen molar-refractivity contribution in [3.05, 3.63) is 29.8 Å². The fourth-order valence-corrected chi connectivity index (χ4v) is 3.64. The van der Waals surface area contributed by atoms with Crippen LogP contribution in [0.5, 0.6) is 0 Å². The molecule has 1 aromatic rings. The third-order valence-corrected chi connectivity index (χ3v) is 4.97. The zero-order valence-electron chi connectivity index (χ0n) is 13.2. The number of likely N-dealkylation sites (tertiary alicyclic amines) is 1. The summed E-state index contributed by atoms with van der Waals surface area (Å²) in [5.74, 6) is 0.500. The Morgan fingerprint density at radius 2 is 1.91 bits per heavy atom. The van der Waals surface area contributed by atoms with E-state index < -0.39 is 0 Å². The minimum Gasteiger partial charge on any atom is -0.396 e. The highest BCUT2D eigenvalue weighted by molar-refractivity contribution is 5.97. The highest BCUT2D eigenvalue weighted by atomic mass is 16.2. The molecule has 4 nitrogen and oxygen atoms in total. The average Bonchev–Trinajstić information content (AvgIpc) is 2.99. The van der Waals surface area contributed by atoms with Gasteiger partial charge < -0.3 is 14.9 Å². The second-order valence-electron chi connectivity index (χ2n) is 6.42. The smallest absolute Gasteiger partial charge is 0.230 e. The van der Waals surface area contributed by atoms with Crippen molar-refractivity contribution in [2.45, 2.75) is 32.1 Å². The summed E-state index contributed by atoms with van der Waals surface area (Å²) >= 11 is 0. The van der Waals surface area contributed by atoms with E-state index in [-0.39, 0.29) is 12.5 Å². The molecule has 1 aromatic carbocycles. The summed E-state index contributed by atoms with van der Waals surface area (Å²) in [6, 6.07) is 8.28. The lowest BCUT2D eigenvalue weighted by Gasteiger charge is -2.33. The number of carbonyl (C=O) groups excluding carboxylic acids is 1. The summed E-state index contributed by atoms with van der Waals surface area (Å²) in [4.78, 5) is 17.2. The van der Waals surface area contributed by atoms with Crippen molar-refractivity contribution in [3.8, 4) is 0 Å². The molecule has 0 bridgehead atoms. The van der Waals surface area contributed by atoms with Crippen molar-refractivity contribution in [3.63, 3.8) is 0 Å². The summed E-state index contributed by atoms with van der Waals surface area (Å²) in [7, 11) is 0. The van der Waals surface area contributed by atoms with Crippen LogP contribution in [-0.4, -0.2) is 48.7 Å². The number of hydrogen-bond acceptors (Lipinski definition) is 3. The molecule has 0 radical (unpaired) electrons. The fraction of sp³-hybridized carbons (Fsp3) is 0.611. The van der Waals surface area contributed by atoms with Crippen LogP contribution >= 0.6 is 0 Å². The Labute approximate surface area is 132 Å². The lowest BCUT2D eigenvalue weighted by atomic mass is 9.95. The lowest BCUT2D eigenvalue weighted by molar-refractivity contribution is -0.123. The van der Waals surface area contributed by atoms with E-state index in [9.17, 15) is 4.79 Å². The molecule has 1 amide bonds. The third-order valence-electron chi connectivity index (χ3n) is 4.97. The molecular formula is C18H26N2O2. The van der Waals surface area contributed by atoms with Crippen molar-refractivity contribution in [2.75, 3.05) is 37.7 Å². The molecule has 3 rings (SSSR count). The Morgan fingerprint density at radius 3 is 2.68 bits per heavy atom. The molecule has 4 heteroatoms. The number of piperidine rings is 1. The van der Waals surface area contributed by atoms with E-state index in [0.29, 0.717) is 5.91 Å². The van der Waals surface area contributed by atoms with E-state index in [2.05, 4.69) is 23.1 Å². The molecule has 22 heavy (non-hydrogen) atoms. The Hall–Kier alpha value is -1.39. The SMILES string of the molecule is O=C(C1CCN(CCCCO)CC1)N1CCc2ccccc21. The van der Waals surface area contributed by atoms with Gasteiger partial charge in [-0.25, -0.2) is 0 Å². The predicted molar refractivity (Wildman–Crippen MR) is 88.0 cm³/mol. The topological polar surface area (TPSA) is 43.8 Å². The fourth-order valence-electron chi connectivity index (χ4n) is 3.64. The van der Waals surface area contributed by atoms with Crippen LogP contribution in [0.15, 0.2) is 24.3 Å². The quantitative estimate of drug-likeness (QED) is 0.847. The lowest BCUT2D eigenvalue weighted by Crippen LogP contribution is -2.42. The van der Waals surface area contributed by atoms with Gasteiger partial charge in [-0.3, -0.25) is 4.79 Å². The summed E-state index contributed by atoms with van der Waals surface area (Å²) in [5.41, 5.74) is 2.43. The number of unbranched alkanes of at least 4 members (excludes halogenated alkanes) is 1. The van der Waals surface area contributed by atoms with Gasteiger partial charge in [-0.1, -0.05) is 18.2 Å². The van der Waals surface area contributed by atoms with Crippen LogP contribution in [0.3, 0.4) is 0 Å². The van der Waals surface area contributed by atoms with Crippen LogP contribution in [0, 0.1) is 5.92 Å². The largest absolute Gasteiger partial charge is 0.396 e. The van der Waals surface area contributed by atoms with Gasteiger partial charge in [0.2, 0.25) is 5.91 Å². The van der Waals surface area contributed by atoms with E-state index in [0.717, 1.165) is 64.0 Å². The Morgan fingerprint density at radius 1 is 1.14 bits per heavy atom. The zero-order chi connectivity index (χ0) is 15.4. The van der Waals surface area contributed by atoms with Crippen LogP contribution in [0.25, 0.3) is 0 Å². The van der Waals surface area contributed by atoms with Crippen LogP contribution in [0.1, 0.15) is 31.2 Å². The number of aliphatic hydroxyl groups is 1. The van der Waals surface area contributed by atoms with Crippen LogP contribution in [0.4, 0.5) is 5.69 Å². The average molecular weight is 302 g/mol. The van der Waals surface area contributed by atoms with Crippen molar-refractivity contribution >= 4 is 11.6 Å². The molecule has 2 aliphatic rings.